The molecular formula is C13H14BrN3O. The average Bonchev–Trinajstić information content (AvgIpc) is 2.63. The lowest BCUT2D eigenvalue weighted by Gasteiger charge is -2.18. The van der Waals surface area contributed by atoms with Gasteiger partial charge >= 0.3 is 0 Å². The van der Waals surface area contributed by atoms with Gasteiger partial charge in [0.15, 0.2) is 5.82 Å². The van der Waals surface area contributed by atoms with Crippen LogP contribution in [0.2, 0.25) is 0 Å². The SMILES string of the molecule is Cn1nc(N)c(Br)c1-c1ccc2c(c1)CCCO2. The van der Waals surface area contributed by atoms with Crippen LogP contribution in [-0.2, 0) is 13.5 Å². The zero-order valence-corrected chi connectivity index (χ0v) is 11.7. The number of rotatable bonds is 1. The lowest BCUT2D eigenvalue weighted by Crippen LogP contribution is -2.08. The van der Waals surface area contributed by atoms with Gasteiger partial charge in [-0.1, -0.05) is 0 Å². The first-order valence-corrected chi connectivity index (χ1v) is 6.70. The number of ether oxygens (including phenoxy) is 1. The van der Waals surface area contributed by atoms with Crippen molar-refractivity contribution in [1.82, 2.24) is 9.78 Å². The highest BCUT2D eigenvalue weighted by Gasteiger charge is 2.16. The monoisotopic (exact) mass is 307 g/mol. The first-order chi connectivity index (χ1) is 8.66. The minimum absolute atomic E-state index is 0.515. The van der Waals surface area contributed by atoms with E-state index >= 15 is 0 Å². The maximum atomic E-state index is 5.81. The molecule has 5 heteroatoms. The van der Waals surface area contributed by atoms with Crippen LogP contribution in [0.15, 0.2) is 22.7 Å². The summed E-state index contributed by atoms with van der Waals surface area (Å²) in [5.74, 6) is 1.51. The van der Waals surface area contributed by atoms with E-state index in [0.29, 0.717) is 5.82 Å². The van der Waals surface area contributed by atoms with Gasteiger partial charge in [0.1, 0.15) is 5.75 Å². The van der Waals surface area contributed by atoms with E-state index < -0.39 is 0 Å². The summed E-state index contributed by atoms with van der Waals surface area (Å²) in [7, 11) is 1.90. The van der Waals surface area contributed by atoms with Gasteiger partial charge in [0.05, 0.1) is 16.8 Å². The minimum Gasteiger partial charge on any atom is -0.493 e. The predicted octanol–water partition coefficient (Wildman–Crippen LogP) is 2.76. The number of nitrogen functional groups attached to an aromatic ring is 1. The summed E-state index contributed by atoms with van der Waals surface area (Å²) >= 11 is 3.49. The van der Waals surface area contributed by atoms with Crippen LogP contribution in [0.5, 0.6) is 5.75 Å². The molecule has 0 saturated heterocycles. The van der Waals surface area contributed by atoms with Crippen LogP contribution in [0.4, 0.5) is 5.82 Å². The molecule has 0 amide bonds. The van der Waals surface area contributed by atoms with Gasteiger partial charge in [-0.15, -0.1) is 0 Å². The van der Waals surface area contributed by atoms with Crippen LogP contribution < -0.4 is 10.5 Å². The van der Waals surface area contributed by atoms with Crippen LogP contribution in [0, 0.1) is 0 Å². The van der Waals surface area contributed by atoms with E-state index in [4.69, 9.17) is 10.5 Å². The van der Waals surface area contributed by atoms with Gasteiger partial charge < -0.3 is 10.5 Å². The van der Waals surface area contributed by atoms with E-state index in [1.54, 1.807) is 4.68 Å². The molecule has 2 N–H and O–H groups in total. The van der Waals surface area contributed by atoms with Crippen LogP contribution in [0.25, 0.3) is 11.3 Å². The van der Waals surface area contributed by atoms with Gasteiger partial charge in [-0.2, -0.15) is 5.10 Å². The van der Waals surface area contributed by atoms with Crippen molar-refractivity contribution in [1.29, 1.82) is 0 Å². The van der Waals surface area contributed by atoms with Crippen LogP contribution in [0.3, 0.4) is 0 Å². The Morgan fingerprint density at radius 1 is 1.44 bits per heavy atom. The van der Waals surface area contributed by atoms with Crippen molar-refractivity contribution < 1.29 is 4.74 Å². The maximum Gasteiger partial charge on any atom is 0.160 e. The van der Waals surface area contributed by atoms with E-state index in [0.717, 1.165) is 40.9 Å². The number of hydrogen-bond acceptors (Lipinski definition) is 3. The van der Waals surface area contributed by atoms with Crippen molar-refractivity contribution in [2.24, 2.45) is 7.05 Å². The van der Waals surface area contributed by atoms with Crippen molar-refractivity contribution in [2.75, 3.05) is 12.3 Å². The molecule has 1 aliphatic rings. The first kappa shape index (κ1) is 11.6. The number of aryl methyl sites for hydroxylation is 2. The zero-order valence-electron chi connectivity index (χ0n) is 10.1. The van der Waals surface area contributed by atoms with E-state index in [2.05, 4.69) is 27.1 Å². The highest BCUT2D eigenvalue weighted by atomic mass is 79.9. The fourth-order valence-corrected chi connectivity index (χ4v) is 2.90. The normalized spacial score (nSPS) is 14.1. The number of nitrogens with two attached hydrogens (primary N) is 1. The molecule has 0 atom stereocenters. The molecule has 2 aromatic rings. The Kier molecular flexibility index (Phi) is 2.78. The number of hydrogen-bond donors (Lipinski definition) is 1. The van der Waals surface area contributed by atoms with E-state index in [9.17, 15) is 0 Å². The molecule has 0 spiro atoms. The van der Waals surface area contributed by atoms with Crippen LogP contribution in [-0.4, -0.2) is 16.4 Å². The largest absolute Gasteiger partial charge is 0.493 e. The third-order valence-corrected chi connectivity index (χ3v) is 3.98. The molecule has 1 aromatic carbocycles. The van der Waals surface area contributed by atoms with Crippen molar-refractivity contribution in [3.05, 3.63) is 28.2 Å². The second-order valence-electron chi connectivity index (χ2n) is 4.45. The molecular weight excluding hydrogens is 294 g/mol. The smallest absolute Gasteiger partial charge is 0.160 e. The highest BCUT2D eigenvalue weighted by Crippen LogP contribution is 2.35. The van der Waals surface area contributed by atoms with Gasteiger partial charge in [-0.3, -0.25) is 4.68 Å². The number of fused-ring (bicyclic) bond motifs is 1. The molecule has 0 unspecified atom stereocenters. The zero-order chi connectivity index (χ0) is 12.7. The summed E-state index contributed by atoms with van der Waals surface area (Å²) in [5, 5.41) is 4.22. The molecule has 2 heterocycles. The molecule has 1 aromatic heterocycles. The quantitative estimate of drug-likeness (QED) is 0.881. The molecule has 0 bridgehead atoms. The van der Waals surface area contributed by atoms with E-state index in [-0.39, 0.29) is 0 Å². The summed E-state index contributed by atoms with van der Waals surface area (Å²) in [6.45, 7) is 0.814. The second-order valence-corrected chi connectivity index (χ2v) is 5.24. The summed E-state index contributed by atoms with van der Waals surface area (Å²) in [5.41, 5.74) is 9.18. The number of benzene rings is 1. The Hall–Kier alpha value is -1.49. The second kappa shape index (κ2) is 4.31. The van der Waals surface area contributed by atoms with Gasteiger partial charge in [-0.05, 0) is 52.5 Å². The van der Waals surface area contributed by atoms with Gasteiger partial charge in [0.25, 0.3) is 0 Å². The molecule has 0 fully saturated rings. The van der Waals surface area contributed by atoms with Crippen molar-refractivity contribution in [3.63, 3.8) is 0 Å². The number of halogens is 1. The topological polar surface area (TPSA) is 53.1 Å². The van der Waals surface area contributed by atoms with Crippen molar-refractivity contribution >= 4 is 21.7 Å². The number of nitrogens with zero attached hydrogens (tertiary/aromatic N) is 2. The lowest BCUT2D eigenvalue weighted by atomic mass is 10.0. The highest BCUT2D eigenvalue weighted by molar-refractivity contribution is 9.10. The Morgan fingerprint density at radius 3 is 3.00 bits per heavy atom. The lowest BCUT2D eigenvalue weighted by molar-refractivity contribution is 0.288. The fraction of sp³-hybridized carbons (Fsp3) is 0.308. The molecule has 1 aliphatic heterocycles. The Morgan fingerprint density at radius 2 is 2.28 bits per heavy atom. The molecule has 0 radical (unpaired) electrons. The third-order valence-electron chi connectivity index (χ3n) is 3.20. The van der Waals surface area contributed by atoms with Crippen molar-refractivity contribution in [2.45, 2.75) is 12.8 Å². The summed E-state index contributed by atoms with van der Waals surface area (Å²) in [4.78, 5) is 0. The molecule has 4 nitrogen and oxygen atoms in total. The number of anilines is 1. The molecule has 0 aliphatic carbocycles. The van der Waals surface area contributed by atoms with E-state index in [1.165, 1.54) is 5.56 Å². The van der Waals surface area contributed by atoms with Crippen LogP contribution in [0.1, 0.15) is 12.0 Å². The third kappa shape index (κ3) is 1.79. The predicted molar refractivity (Wildman–Crippen MR) is 74.6 cm³/mol. The summed E-state index contributed by atoms with van der Waals surface area (Å²) in [6.07, 6.45) is 2.14. The van der Waals surface area contributed by atoms with Crippen LogP contribution >= 0.6 is 15.9 Å². The van der Waals surface area contributed by atoms with Crippen molar-refractivity contribution in [3.8, 4) is 17.0 Å². The summed E-state index contributed by atoms with van der Waals surface area (Å²) in [6, 6.07) is 6.24. The molecule has 3 rings (SSSR count). The summed E-state index contributed by atoms with van der Waals surface area (Å²) < 4.78 is 8.27. The Balaban J connectivity index is 2.12. The number of aromatic nitrogens is 2. The Labute approximate surface area is 114 Å². The molecule has 18 heavy (non-hydrogen) atoms. The standard InChI is InChI=1S/C13H14BrN3O/c1-17-12(11(14)13(15)16-17)9-4-5-10-8(7-9)3-2-6-18-10/h4-5,7H,2-3,6H2,1H3,(H2,15,16). The maximum absolute atomic E-state index is 5.81. The van der Waals surface area contributed by atoms with Gasteiger partial charge in [0.2, 0.25) is 0 Å². The molecule has 94 valence electrons. The Bertz CT molecular complexity index is 607. The average molecular weight is 308 g/mol. The fourth-order valence-electron chi connectivity index (χ4n) is 2.34. The molecule has 0 saturated carbocycles. The minimum atomic E-state index is 0.515. The first-order valence-electron chi connectivity index (χ1n) is 5.91. The van der Waals surface area contributed by atoms with Gasteiger partial charge in [0, 0.05) is 12.6 Å². The van der Waals surface area contributed by atoms with Gasteiger partial charge in [-0.25, -0.2) is 0 Å². The van der Waals surface area contributed by atoms with E-state index in [1.807, 2.05) is 19.2 Å².